The number of benzene rings is 2. The van der Waals surface area contributed by atoms with Crippen LogP contribution in [0.4, 0.5) is 22.0 Å². The molecule has 1 saturated heterocycles. The average Bonchev–Trinajstić information content (AvgIpc) is 3.33. The summed E-state index contributed by atoms with van der Waals surface area (Å²) in [6.07, 6.45) is 2.19. The van der Waals surface area contributed by atoms with E-state index in [2.05, 4.69) is 36.9 Å². The first-order valence-corrected chi connectivity index (χ1v) is 14.4. The van der Waals surface area contributed by atoms with Gasteiger partial charge in [0.25, 0.3) is 0 Å². The van der Waals surface area contributed by atoms with Gasteiger partial charge >= 0.3 is 0 Å². The number of piperazine rings is 1. The van der Waals surface area contributed by atoms with Gasteiger partial charge < -0.3 is 25.8 Å². The number of hydrogen-bond donors (Lipinski definition) is 3. The van der Waals surface area contributed by atoms with Crippen LogP contribution in [0.25, 0.3) is 32.9 Å². The third kappa shape index (κ3) is 5.34. The van der Waals surface area contributed by atoms with Crippen molar-refractivity contribution in [3.63, 3.8) is 0 Å². The van der Waals surface area contributed by atoms with E-state index in [1.54, 1.807) is 11.0 Å². The van der Waals surface area contributed by atoms with Gasteiger partial charge in [-0.05, 0) is 71.6 Å². The maximum atomic E-state index is 16.8. The van der Waals surface area contributed by atoms with Crippen LogP contribution in [-0.4, -0.2) is 88.2 Å². The molecule has 2 atom stereocenters. The van der Waals surface area contributed by atoms with Crippen LogP contribution >= 0.6 is 11.6 Å². The molecule has 0 radical (unpaired) electrons. The molecule has 1 amide bonds. The normalized spacial score (nSPS) is 17.4. The molecule has 0 spiro atoms. The fraction of sp³-hybridized carbons (Fsp3) is 0.400. The van der Waals surface area contributed by atoms with Crippen LogP contribution in [0.3, 0.4) is 0 Å². The van der Waals surface area contributed by atoms with Crippen LogP contribution < -0.4 is 16.0 Å². The van der Waals surface area contributed by atoms with Gasteiger partial charge in [-0.25, -0.2) is 9.37 Å². The molecule has 10 nitrogen and oxygen atoms in total. The van der Waals surface area contributed by atoms with Gasteiger partial charge in [-0.2, -0.15) is 10.1 Å². The number of aryl methyl sites for hydroxylation is 1. The zero-order chi connectivity index (χ0) is 30.3. The number of fused-ring (bicyclic) bond motifs is 2. The molecule has 4 N–H and O–H groups in total. The Morgan fingerprint density at radius 1 is 1.26 bits per heavy atom. The number of nitrogen functional groups attached to an aromatic ring is 1. The fourth-order valence-electron chi connectivity index (χ4n) is 5.71. The molecule has 1 fully saturated rings. The monoisotopic (exact) mass is 593 g/mol. The lowest BCUT2D eigenvalue weighted by Crippen LogP contribution is -2.58. The third-order valence-corrected chi connectivity index (χ3v) is 8.16. The van der Waals surface area contributed by atoms with E-state index in [0.29, 0.717) is 53.3 Å². The van der Waals surface area contributed by atoms with E-state index >= 15 is 4.39 Å². The number of aromatic amines is 1. The highest BCUT2D eigenvalue weighted by molar-refractivity contribution is 6.35. The average molecular weight is 594 g/mol. The first-order chi connectivity index (χ1) is 20.0. The summed E-state index contributed by atoms with van der Waals surface area (Å²) < 4.78 is 16.8. The molecule has 12 heteroatoms. The summed E-state index contributed by atoms with van der Waals surface area (Å²) in [4.78, 5) is 28.0. The van der Waals surface area contributed by atoms with Gasteiger partial charge in [0, 0.05) is 48.2 Å². The molecule has 2 aromatic carbocycles. The van der Waals surface area contributed by atoms with Gasteiger partial charge in [-0.1, -0.05) is 24.2 Å². The van der Waals surface area contributed by atoms with Crippen LogP contribution in [-0.2, 0) is 4.79 Å². The number of carbonyl (C=O) groups is 1. The van der Waals surface area contributed by atoms with Crippen LogP contribution in [0.2, 0.25) is 5.02 Å². The second-order valence-corrected chi connectivity index (χ2v) is 11.6. The molecule has 1 aliphatic heterocycles. The van der Waals surface area contributed by atoms with Crippen molar-refractivity contribution in [1.29, 1.82) is 0 Å². The number of halogens is 2. The van der Waals surface area contributed by atoms with Gasteiger partial charge in [0.15, 0.2) is 11.6 Å². The molecule has 42 heavy (non-hydrogen) atoms. The lowest BCUT2D eigenvalue weighted by atomic mass is 9.94. The number of rotatable bonds is 8. The molecule has 0 saturated carbocycles. The van der Waals surface area contributed by atoms with Crippen molar-refractivity contribution in [2.24, 2.45) is 0 Å². The summed E-state index contributed by atoms with van der Waals surface area (Å²) in [5, 5.41) is 11.6. The molecular weight excluding hydrogens is 557 g/mol. The first-order valence-electron chi connectivity index (χ1n) is 14.0. The van der Waals surface area contributed by atoms with Gasteiger partial charge in [-0.3, -0.25) is 9.89 Å². The fourth-order valence-corrected chi connectivity index (χ4v) is 6.00. The highest BCUT2D eigenvalue weighted by Gasteiger charge is 2.34. The number of nitrogens with zero attached hydrogens (tertiary/aromatic N) is 6. The van der Waals surface area contributed by atoms with Crippen LogP contribution in [0.15, 0.2) is 30.9 Å². The largest absolute Gasteiger partial charge is 0.382 e. The molecule has 0 unspecified atom stereocenters. The Hall–Kier alpha value is -3.96. The zero-order valence-corrected chi connectivity index (χ0v) is 25.4. The van der Waals surface area contributed by atoms with E-state index in [4.69, 9.17) is 22.3 Å². The Balaban J connectivity index is 1.68. The number of aromatic nitrogens is 4. The number of carbonyl (C=O) groups excluding carboxylic acids is 1. The first kappa shape index (κ1) is 29.5. The topological polar surface area (TPSA) is 119 Å². The number of nitrogens with two attached hydrogens (primary N) is 1. The van der Waals surface area contributed by atoms with Crippen LogP contribution in [0, 0.1) is 12.7 Å². The molecule has 3 heterocycles. The minimum atomic E-state index is -0.560. The smallest absolute Gasteiger partial charge is 0.246 e. The van der Waals surface area contributed by atoms with E-state index < -0.39 is 5.82 Å². The Kier molecular flexibility index (Phi) is 8.25. The van der Waals surface area contributed by atoms with E-state index in [1.807, 2.05) is 47.0 Å². The Bertz CT molecular complexity index is 1670. The number of H-pyrrole nitrogens is 1. The third-order valence-electron chi connectivity index (χ3n) is 7.86. The molecule has 5 rings (SSSR count). The van der Waals surface area contributed by atoms with Crippen molar-refractivity contribution in [3.05, 3.63) is 47.3 Å². The van der Waals surface area contributed by atoms with Crippen LogP contribution in [0.1, 0.15) is 25.8 Å². The van der Waals surface area contributed by atoms with Crippen molar-refractivity contribution in [1.82, 2.24) is 30.0 Å². The van der Waals surface area contributed by atoms with Gasteiger partial charge in [0.2, 0.25) is 11.9 Å². The number of nitrogens with one attached hydrogen (secondary N) is 2. The lowest BCUT2D eigenvalue weighted by Gasteiger charge is -2.44. The van der Waals surface area contributed by atoms with E-state index in [9.17, 15) is 4.79 Å². The second kappa shape index (κ2) is 11.7. The second-order valence-electron chi connectivity index (χ2n) is 11.2. The predicted octanol–water partition coefficient (Wildman–Crippen LogP) is 4.83. The summed E-state index contributed by atoms with van der Waals surface area (Å²) in [6, 6.07) is 5.25. The van der Waals surface area contributed by atoms with Gasteiger partial charge in [0.05, 0.1) is 15.9 Å². The Morgan fingerprint density at radius 3 is 2.74 bits per heavy atom. The van der Waals surface area contributed by atoms with Crippen molar-refractivity contribution in [2.75, 3.05) is 56.2 Å². The zero-order valence-electron chi connectivity index (χ0n) is 24.6. The number of amides is 1. The molecule has 0 bridgehead atoms. The minimum absolute atomic E-state index is 0.104. The Morgan fingerprint density at radius 2 is 2.02 bits per heavy atom. The molecular formula is C30H37ClFN9O. The maximum absolute atomic E-state index is 16.8. The SMILES string of the molecule is C=CC(=O)N1C[C@H](C)N(c2nc(NCCCN(C)C)nc3c(F)c(-c4c(C)ccc5[nH]nc(N)c45)c(Cl)cc23)C[C@H]1C. The van der Waals surface area contributed by atoms with Crippen molar-refractivity contribution in [3.8, 4) is 11.1 Å². The molecule has 4 aromatic rings. The molecule has 1 aliphatic rings. The van der Waals surface area contributed by atoms with Gasteiger partial charge in [0.1, 0.15) is 11.3 Å². The summed E-state index contributed by atoms with van der Waals surface area (Å²) in [5.74, 6) is 0.470. The minimum Gasteiger partial charge on any atom is -0.382 e. The van der Waals surface area contributed by atoms with Crippen molar-refractivity contribution >= 4 is 56.9 Å². The highest BCUT2D eigenvalue weighted by atomic mass is 35.5. The number of hydrogen-bond acceptors (Lipinski definition) is 8. The summed E-state index contributed by atoms with van der Waals surface area (Å²) >= 11 is 6.90. The molecule has 0 aliphatic carbocycles. The van der Waals surface area contributed by atoms with Gasteiger partial charge in [-0.15, -0.1) is 0 Å². The maximum Gasteiger partial charge on any atom is 0.246 e. The quantitative estimate of drug-likeness (QED) is 0.196. The predicted molar refractivity (Wildman–Crippen MR) is 169 cm³/mol. The van der Waals surface area contributed by atoms with Crippen LogP contribution in [0.5, 0.6) is 0 Å². The molecule has 2 aromatic heterocycles. The number of anilines is 3. The van der Waals surface area contributed by atoms with Crippen molar-refractivity contribution < 1.29 is 9.18 Å². The standard InChI is InChI=1S/C30H37ClFN9O/c1-7-22(42)40-14-18(4)41(15-17(40)3)29-19-13-20(31)24(23-16(2)9-10-21-25(23)28(33)38-37-21)26(32)27(19)35-30(36-29)34-11-8-12-39(5)6/h7,9-10,13,17-18H,1,8,11-12,14-15H2,2-6H3,(H3,33,37,38)(H,34,35,36)/t17-,18+/m1/s1. The summed E-state index contributed by atoms with van der Waals surface area (Å²) in [7, 11) is 4.03. The highest BCUT2D eigenvalue weighted by Crippen LogP contribution is 2.43. The Labute approximate surface area is 249 Å². The van der Waals surface area contributed by atoms with E-state index in [-0.39, 0.29) is 39.9 Å². The van der Waals surface area contributed by atoms with E-state index in [0.717, 1.165) is 18.5 Å². The summed E-state index contributed by atoms with van der Waals surface area (Å²) in [5.41, 5.74) is 8.64. The molecule has 222 valence electrons. The van der Waals surface area contributed by atoms with E-state index in [1.165, 1.54) is 6.08 Å². The summed E-state index contributed by atoms with van der Waals surface area (Å²) in [6.45, 7) is 12.0. The van der Waals surface area contributed by atoms with Crippen molar-refractivity contribution in [2.45, 2.75) is 39.3 Å². The lowest BCUT2D eigenvalue weighted by molar-refractivity contribution is -0.128.